The first-order valence-corrected chi connectivity index (χ1v) is 5.85. The summed E-state index contributed by atoms with van der Waals surface area (Å²) in [6.45, 7) is 2.68. The number of oxazole rings is 1. The van der Waals surface area contributed by atoms with E-state index in [9.17, 15) is 0 Å². The average molecular weight is 249 g/mol. The zero-order valence-corrected chi connectivity index (χ0v) is 10.7. The van der Waals surface area contributed by atoms with E-state index in [0.29, 0.717) is 17.5 Å². The number of nitrogens with zero attached hydrogens (tertiary/aromatic N) is 2. The number of hydrogen-bond acceptors (Lipinski definition) is 4. The van der Waals surface area contributed by atoms with E-state index in [4.69, 9.17) is 22.4 Å². The van der Waals surface area contributed by atoms with Crippen LogP contribution in [0.1, 0.15) is 6.92 Å². The maximum atomic E-state index is 5.64. The number of benzene rings is 1. The van der Waals surface area contributed by atoms with E-state index in [1.807, 2.05) is 43.1 Å². The summed E-state index contributed by atoms with van der Waals surface area (Å²) in [4.78, 5) is 6.83. The van der Waals surface area contributed by atoms with E-state index >= 15 is 0 Å². The molecule has 2 N–H and O–H groups in total. The van der Waals surface area contributed by atoms with Crippen molar-refractivity contribution in [2.24, 2.45) is 11.7 Å². The Kier molecular flexibility index (Phi) is 3.28. The lowest BCUT2D eigenvalue weighted by Gasteiger charge is -2.18. The fraction of sp³-hybridized carbons (Fsp3) is 0.333. The van der Waals surface area contributed by atoms with E-state index in [2.05, 4.69) is 4.98 Å². The molecule has 0 spiro atoms. The van der Waals surface area contributed by atoms with Crippen molar-refractivity contribution in [2.75, 3.05) is 18.5 Å². The molecule has 1 unspecified atom stereocenters. The largest absolute Gasteiger partial charge is 0.423 e. The molecule has 1 atom stereocenters. The molecule has 0 saturated heterocycles. The van der Waals surface area contributed by atoms with Crippen LogP contribution in [0, 0.1) is 5.92 Å². The zero-order chi connectivity index (χ0) is 12.4. The van der Waals surface area contributed by atoms with Gasteiger partial charge in [-0.2, -0.15) is 4.98 Å². The molecular formula is C12H15N3OS. The lowest BCUT2D eigenvalue weighted by Crippen LogP contribution is -2.31. The first kappa shape index (κ1) is 11.9. The Morgan fingerprint density at radius 3 is 2.88 bits per heavy atom. The monoisotopic (exact) mass is 249 g/mol. The van der Waals surface area contributed by atoms with Gasteiger partial charge in [0.25, 0.3) is 6.01 Å². The van der Waals surface area contributed by atoms with Gasteiger partial charge in [-0.25, -0.2) is 0 Å². The molecule has 2 aromatic rings. The van der Waals surface area contributed by atoms with Crippen LogP contribution in [0.5, 0.6) is 0 Å². The molecule has 0 amide bonds. The summed E-state index contributed by atoms with van der Waals surface area (Å²) in [6.07, 6.45) is 0. The number of para-hydroxylation sites is 2. The second kappa shape index (κ2) is 4.71. The summed E-state index contributed by atoms with van der Waals surface area (Å²) >= 11 is 4.95. The highest BCUT2D eigenvalue weighted by Gasteiger charge is 2.14. The van der Waals surface area contributed by atoms with Crippen molar-refractivity contribution in [3.8, 4) is 0 Å². The van der Waals surface area contributed by atoms with Crippen LogP contribution in [0.25, 0.3) is 11.1 Å². The maximum Gasteiger partial charge on any atom is 0.298 e. The van der Waals surface area contributed by atoms with Gasteiger partial charge in [0.1, 0.15) is 5.52 Å². The Bertz CT molecular complexity index is 504. The lowest BCUT2D eigenvalue weighted by molar-refractivity contribution is 0.571. The molecule has 17 heavy (non-hydrogen) atoms. The molecule has 0 fully saturated rings. The Hall–Kier alpha value is -1.62. The van der Waals surface area contributed by atoms with Gasteiger partial charge in [0, 0.05) is 19.5 Å². The first-order chi connectivity index (χ1) is 8.08. The van der Waals surface area contributed by atoms with Crippen LogP contribution in [0.2, 0.25) is 0 Å². The molecule has 0 aliphatic rings. The van der Waals surface area contributed by atoms with Crippen LogP contribution in [0.15, 0.2) is 28.7 Å². The van der Waals surface area contributed by atoms with E-state index in [0.717, 1.165) is 11.1 Å². The molecule has 90 valence electrons. The molecule has 5 heteroatoms. The van der Waals surface area contributed by atoms with Gasteiger partial charge in [-0.3, -0.25) is 0 Å². The second-order valence-electron chi connectivity index (χ2n) is 4.15. The van der Waals surface area contributed by atoms with Crippen molar-refractivity contribution in [3.63, 3.8) is 0 Å². The molecule has 0 radical (unpaired) electrons. The number of rotatable bonds is 4. The molecule has 1 heterocycles. The maximum absolute atomic E-state index is 5.64. The lowest BCUT2D eigenvalue weighted by atomic mass is 10.2. The number of aromatic nitrogens is 1. The van der Waals surface area contributed by atoms with E-state index in [1.54, 1.807) is 0 Å². The van der Waals surface area contributed by atoms with Crippen LogP contribution in [0.4, 0.5) is 6.01 Å². The van der Waals surface area contributed by atoms with Crippen LogP contribution in [-0.4, -0.2) is 23.6 Å². The second-order valence-corrected chi connectivity index (χ2v) is 4.62. The molecule has 0 saturated carbocycles. The van der Waals surface area contributed by atoms with Crippen molar-refractivity contribution < 1.29 is 4.42 Å². The molecule has 0 aliphatic carbocycles. The van der Waals surface area contributed by atoms with Gasteiger partial charge in [-0.1, -0.05) is 31.3 Å². The molecule has 0 aliphatic heterocycles. The smallest absolute Gasteiger partial charge is 0.298 e. The number of hydrogen-bond donors (Lipinski definition) is 1. The molecule has 1 aromatic heterocycles. The summed E-state index contributed by atoms with van der Waals surface area (Å²) in [5.74, 6) is 0.130. The van der Waals surface area contributed by atoms with Crippen LogP contribution < -0.4 is 10.6 Å². The van der Waals surface area contributed by atoms with Crippen molar-refractivity contribution in [2.45, 2.75) is 6.92 Å². The SMILES string of the molecule is CC(CN(C)c1nc2ccccc2o1)C(N)=S. The predicted molar refractivity (Wildman–Crippen MR) is 73.2 cm³/mol. The van der Waals surface area contributed by atoms with E-state index in [-0.39, 0.29) is 5.92 Å². The van der Waals surface area contributed by atoms with Crippen LogP contribution >= 0.6 is 12.2 Å². The third kappa shape index (κ3) is 2.55. The predicted octanol–water partition coefficient (Wildman–Crippen LogP) is 2.19. The highest BCUT2D eigenvalue weighted by atomic mass is 32.1. The standard InChI is InChI=1S/C12H15N3OS/c1-8(11(13)17)7-15(2)12-14-9-5-3-4-6-10(9)16-12/h3-6,8H,7H2,1-2H3,(H2,13,17). The minimum atomic E-state index is 0.130. The summed E-state index contributed by atoms with van der Waals surface area (Å²) in [5, 5.41) is 0. The van der Waals surface area contributed by atoms with Crippen molar-refractivity contribution in [3.05, 3.63) is 24.3 Å². The van der Waals surface area contributed by atoms with Gasteiger partial charge in [0.2, 0.25) is 0 Å². The average Bonchev–Trinajstić information content (AvgIpc) is 2.72. The highest BCUT2D eigenvalue weighted by molar-refractivity contribution is 7.80. The van der Waals surface area contributed by atoms with E-state index < -0.39 is 0 Å². The summed E-state index contributed by atoms with van der Waals surface area (Å²) < 4.78 is 5.64. The van der Waals surface area contributed by atoms with Gasteiger partial charge in [-0.05, 0) is 12.1 Å². The number of anilines is 1. The summed E-state index contributed by atoms with van der Waals surface area (Å²) in [5.41, 5.74) is 7.24. The molecule has 0 bridgehead atoms. The number of nitrogens with two attached hydrogens (primary N) is 1. The van der Waals surface area contributed by atoms with Gasteiger partial charge in [-0.15, -0.1) is 0 Å². The summed E-state index contributed by atoms with van der Waals surface area (Å²) in [7, 11) is 1.92. The Labute approximate surface area is 105 Å². The van der Waals surface area contributed by atoms with Crippen molar-refractivity contribution in [1.29, 1.82) is 0 Å². The minimum Gasteiger partial charge on any atom is -0.423 e. The van der Waals surface area contributed by atoms with Gasteiger partial charge in [0.05, 0.1) is 4.99 Å². The van der Waals surface area contributed by atoms with Gasteiger partial charge >= 0.3 is 0 Å². The van der Waals surface area contributed by atoms with Gasteiger partial charge < -0.3 is 15.1 Å². The van der Waals surface area contributed by atoms with Crippen LogP contribution in [0.3, 0.4) is 0 Å². The van der Waals surface area contributed by atoms with Crippen molar-refractivity contribution in [1.82, 2.24) is 4.98 Å². The molecule has 1 aromatic carbocycles. The molecule has 4 nitrogen and oxygen atoms in total. The fourth-order valence-electron chi connectivity index (χ4n) is 1.60. The molecular weight excluding hydrogens is 234 g/mol. The number of thiocarbonyl (C=S) groups is 1. The quantitative estimate of drug-likeness (QED) is 0.842. The first-order valence-electron chi connectivity index (χ1n) is 5.44. The van der Waals surface area contributed by atoms with E-state index in [1.165, 1.54) is 0 Å². The summed E-state index contributed by atoms with van der Waals surface area (Å²) in [6, 6.07) is 8.28. The minimum absolute atomic E-state index is 0.130. The third-order valence-electron chi connectivity index (χ3n) is 2.64. The van der Waals surface area contributed by atoms with Crippen LogP contribution in [-0.2, 0) is 0 Å². The Balaban J connectivity index is 2.19. The third-order valence-corrected chi connectivity index (χ3v) is 3.04. The molecule has 2 rings (SSSR count). The fourth-order valence-corrected chi connectivity index (χ4v) is 1.68. The topological polar surface area (TPSA) is 55.3 Å². The van der Waals surface area contributed by atoms with Gasteiger partial charge in [0.15, 0.2) is 5.58 Å². The number of fused-ring (bicyclic) bond motifs is 1. The zero-order valence-electron chi connectivity index (χ0n) is 9.88. The Morgan fingerprint density at radius 1 is 1.53 bits per heavy atom. The normalized spacial score (nSPS) is 12.6. The van der Waals surface area contributed by atoms with Crippen molar-refractivity contribution >= 4 is 34.3 Å². The highest BCUT2D eigenvalue weighted by Crippen LogP contribution is 2.21. The Morgan fingerprint density at radius 2 is 2.24 bits per heavy atom.